The molecule has 1 aromatic carbocycles. The number of pyridine rings is 1. The molecule has 0 radical (unpaired) electrons. The molecule has 1 aliphatic rings. The molecule has 3 aromatic rings. The minimum Gasteiger partial charge on any atom is -0.497 e. The fourth-order valence-corrected chi connectivity index (χ4v) is 4.36. The molecular weight excluding hydrogens is 396 g/mol. The number of ether oxygens (including phenoxy) is 2. The minimum absolute atomic E-state index is 0.0154. The Balaban J connectivity index is 1.81. The van der Waals surface area contributed by atoms with Crippen molar-refractivity contribution in [3.63, 3.8) is 0 Å². The van der Waals surface area contributed by atoms with Gasteiger partial charge in [0.2, 0.25) is 0 Å². The Hall–Kier alpha value is -2.90. The van der Waals surface area contributed by atoms with Crippen molar-refractivity contribution in [1.29, 1.82) is 0 Å². The zero-order valence-corrected chi connectivity index (χ0v) is 18.2. The highest BCUT2D eigenvalue weighted by Crippen LogP contribution is 2.40. The second-order valence-corrected chi connectivity index (χ2v) is 7.63. The number of hydrogen-bond acceptors (Lipinski definition) is 4. The van der Waals surface area contributed by atoms with Gasteiger partial charge in [0, 0.05) is 36.9 Å². The quantitative estimate of drug-likeness (QED) is 0.585. The van der Waals surface area contributed by atoms with Crippen LogP contribution in [0.4, 0.5) is 0 Å². The van der Waals surface area contributed by atoms with E-state index in [-0.39, 0.29) is 12.1 Å². The Labute approximate surface area is 182 Å². The predicted octanol–water partition coefficient (Wildman–Crippen LogP) is 3.81. The third-order valence-corrected chi connectivity index (χ3v) is 5.83. The molecule has 30 heavy (non-hydrogen) atoms. The zero-order valence-electron chi connectivity index (χ0n) is 17.4. The van der Waals surface area contributed by atoms with Crippen LogP contribution in [0.25, 0.3) is 5.69 Å². The van der Waals surface area contributed by atoms with Gasteiger partial charge < -0.3 is 24.3 Å². The van der Waals surface area contributed by atoms with Crippen molar-refractivity contribution in [1.82, 2.24) is 19.8 Å². The average Bonchev–Trinajstić information content (AvgIpc) is 3.32. The van der Waals surface area contributed by atoms with Gasteiger partial charge in [-0.15, -0.1) is 0 Å². The highest BCUT2D eigenvalue weighted by Gasteiger charge is 2.41. The predicted molar refractivity (Wildman–Crippen MR) is 121 cm³/mol. The van der Waals surface area contributed by atoms with Gasteiger partial charge in [-0.2, -0.15) is 0 Å². The van der Waals surface area contributed by atoms with Gasteiger partial charge in [-0.25, -0.2) is 0 Å². The highest BCUT2D eigenvalue weighted by molar-refractivity contribution is 7.80. The van der Waals surface area contributed by atoms with E-state index < -0.39 is 0 Å². The lowest BCUT2D eigenvalue weighted by Gasteiger charge is -2.29. The van der Waals surface area contributed by atoms with Crippen LogP contribution >= 0.6 is 12.2 Å². The summed E-state index contributed by atoms with van der Waals surface area (Å²) in [6, 6.07) is 18.3. The Morgan fingerprint density at radius 3 is 2.53 bits per heavy atom. The number of benzene rings is 1. The van der Waals surface area contributed by atoms with Gasteiger partial charge in [0.15, 0.2) is 5.11 Å². The van der Waals surface area contributed by atoms with E-state index in [0.717, 1.165) is 28.5 Å². The molecule has 1 saturated heterocycles. The van der Waals surface area contributed by atoms with E-state index in [2.05, 4.69) is 51.0 Å². The van der Waals surface area contributed by atoms with Gasteiger partial charge in [0.25, 0.3) is 0 Å². The summed E-state index contributed by atoms with van der Waals surface area (Å²) in [4.78, 5) is 6.81. The number of aryl methyl sites for hydroxylation is 1. The fraction of sp³-hybridized carbons (Fsp3) is 0.304. The molecule has 0 unspecified atom stereocenters. The number of methoxy groups -OCH3 is 2. The van der Waals surface area contributed by atoms with Crippen LogP contribution in [0.15, 0.2) is 60.8 Å². The number of nitrogens with one attached hydrogen (secondary N) is 1. The summed E-state index contributed by atoms with van der Waals surface area (Å²) in [5, 5.41) is 4.21. The van der Waals surface area contributed by atoms with Crippen molar-refractivity contribution in [3.05, 3.63) is 77.9 Å². The van der Waals surface area contributed by atoms with Crippen LogP contribution in [0.5, 0.6) is 5.75 Å². The molecule has 0 saturated carbocycles. The second-order valence-electron chi connectivity index (χ2n) is 7.25. The zero-order chi connectivity index (χ0) is 21.1. The Bertz CT molecular complexity index is 1000. The summed E-state index contributed by atoms with van der Waals surface area (Å²) < 4.78 is 13.0. The lowest BCUT2D eigenvalue weighted by atomic mass is 10.0. The maximum atomic E-state index is 5.71. The van der Waals surface area contributed by atoms with E-state index in [1.807, 2.05) is 36.5 Å². The molecule has 6 nitrogen and oxygen atoms in total. The first-order valence-corrected chi connectivity index (χ1v) is 10.3. The molecule has 7 heteroatoms. The topological polar surface area (TPSA) is 51.5 Å². The lowest BCUT2D eigenvalue weighted by Crippen LogP contribution is -2.33. The van der Waals surface area contributed by atoms with Crippen molar-refractivity contribution in [2.45, 2.75) is 19.0 Å². The van der Waals surface area contributed by atoms with Gasteiger partial charge in [0.1, 0.15) is 5.75 Å². The van der Waals surface area contributed by atoms with Crippen molar-refractivity contribution < 1.29 is 9.47 Å². The van der Waals surface area contributed by atoms with Crippen LogP contribution in [0.2, 0.25) is 0 Å². The SMILES string of the molecule is COCCN1C(=S)N[C@H](c2ccccn2)[C@H]1c1ccc(C)n1-c1ccc(OC)cc1. The summed E-state index contributed by atoms with van der Waals surface area (Å²) in [6.45, 7) is 3.41. The normalized spacial score (nSPS) is 18.5. The van der Waals surface area contributed by atoms with Gasteiger partial charge >= 0.3 is 0 Å². The molecule has 1 N–H and O–H groups in total. The van der Waals surface area contributed by atoms with Crippen molar-refractivity contribution in [2.24, 2.45) is 0 Å². The largest absolute Gasteiger partial charge is 0.497 e. The maximum Gasteiger partial charge on any atom is 0.170 e. The van der Waals surface area contributed by atoms with Crippen LogP contribution in [-0.2, 0) is 4.74 Å². The van der Waals surface area contributed by atoms with Gasteiger partial charge in [0.05, 0.1) is 31.5 Å². The monoisotopic (exact) mass is 422 g/mol. The molecule has 4 rings (SSSR count). The molecule has 156 valence electrons. The molecule has 3 heterocycles. The number of aromatic nitrogens is 2. The van der Waals surface area contributed by atoms with E-state index in [1.165, 1.54) is 0 Å². The molecule has 0 aliphatic carbocycles. The van der Waals surface area contributed by atoms with Crippen molar-refractivity contribution >= 4 is 17.3 Å². The van der Waals surface area contributed by atoms with Crippen molar-refractivity contribution in [2.75, 3.05) is 27.4 Å². The first kappa shape index (κ1) is 20.4. The Morgan fingerprint density at radius 2 is 1.87 bits per heavy atom. The van der Waals surface area contributed by atoms with Gasteiger partial charge in [-0.3, -0.25) is 4.98 Å². The number of hydrogen-bond donors (Lipinski definition) is 1. The molecule has 0 amide bonds. The summed E-state index contributed by atoms with van der Waals surface area (Å²) >= 11 is 5.71. The first-order chi connectivity index (χ1) is 14.6. The molecule has 1 aliphatic heterocycles. The smallest absolute Gasteiger partial charge is 0.170 e. The standard InChI is InChI=1S/C23H26N4O2S/c1-16-7-12-20(27(16)17-8-10-18(29-3)11-9-17)22-21(19-6-4-5-13-24-19)25-23(30)26(22)14-15-28-2/h4-13,21-22H,14-15H2,1-3H3,(H,25,30)/t21-,22-/m1/s1. The molecule has 0 bridgehead atoms. The molecule has 0 spiro atoms. The third kappa shape index (κ3) is 3.78. The maximum absolute atomic E-state index is 5.71. The Morgan fingerprint density at radius 1 is 1.07 bits per heavy atom. The number of rotatable bonds is 7. The van der Waals surface area contributed by atoms with Gasteiger partial charge in [-0.1, -0.05) is 6.07 Å². The summed E-state index contributed by atoms with van der Waals surface area (Å²) in [6.07, 6.45) is 1.82. The van der Waals surface area contributed by atoms with E-state index >= 15 is 0 Å². The second kappa shape index (κ2) is 8.85. The van der Waals surface area contributed by atoms with Gasteiger partial charge in [-0.05, 0) is 67.7 Å². The molecule has 1 fully saturated rings. The number of thiocarbonyl (C=S) groups is 1. The summed E-state index contributed by atoms with van der Waals surface area (Å²) in [5.74, 6) is 0.835. The van der Waals surface area contributed by atoms with E-state index in [1.54, 1.807) is 14.2 Å². The minimum atomic E-state index is -0.0538. The summed E-state index contributed by atoms with van der Waals surface area (Å²) in [7, 11) is 3.39. The molecule has 2 atom stereocenters. The molecular formula is C23H26N4O2S. The van der Waals surface area contributed by atoms with Crippen molar-refractivity contribution in [3.8, 4) is 11.4 Å². The van der Waals surface area contributed by atoms with Crippen LogP contribution in [0.3, 0.4) is 0 Å². The first-order valence-electron chi connectivity index (χ1n) is 9.93. The Kier molecular flexibility index (Phi) is 6.01. The summed E-state index contributed by atoms with van der Waals surface area (Å²) in [5.41, 5.74) is 4.35. The third-order valence-electron chi connectivity index (χ3n) is 5.47. The lowest BCUT2D eigenvalue weighted by molar-refractivity contribution is 0.163. The van der Waals surface area contributed by atoms with E-state index in [9.17, 15) is 0 Å². The van der Waals surface area contributed by atoms with Crippen LogP contribution in [-0.4, -0.2) is 46.9 Å². The van der Waals surface area contributed by atoms with Crippen LogP contribution < -0.4 is 10.1 Å². The highest BCUT2D eigenvalue weighted by atomic mass is 32.1. The number of nitrogens with zero attached hydrogens (tertiary/aromatic N) is 3. The van der Waals surface area contributed by atoms with E-state index in [0.29, 0.717) is 18.3 Å². The van der Waals surface area contributed by atoms with Crippen LogP contribution in [0.1, 0.15) is 29.2 Å². The molecule has 2 aromatic heterocycles. The average molecular weight is 423 g/mol. The fourth-order valence-electron chi connectivity index (χ4n) is 4.03. The van der Waals surface area contributed by atoms with E-state index in [4.69, 9.17) is 21.7 Å². The van der Waals surface area contributed by atoms with Crippen LogP contribution in [0, 0.1) is 6.92 Å².